The second-order valence-corrected chi connectivity index (χ2v) is 7.89. The number of likely N-dealkylation sites (tertiary alicyclic amines) is 1. The second kappa shape index (κ2) is 10.2. The Balaban J connectivity index is 0.00000144. The van der Waals surface area contributed by atoms with E-state index in [4.69, 9.17) is 0 Å². The summed E-state index contributed by atoms with van der Waals surface area (Å²) in [5.74, 6) is 1.56. The van der Waals surface area contributed by atoms with Crippen molar-refractivity contribution in [2.24, 2.45) is 17.3 Å². The lowest BCUT2D eigenvalue weighted by atomic mass is 9.92. The summed E-state index contributed by atoms with van der Waals surface area (Å²) in [5.41, 5.74) is 0.375. The fourth-order valence-corrected chi connectivity index (χ4v) is 4.28. The number of halogens is 2. The lowest BCUT2D eigenvalue weighted by Crippen LogP contribution is -2.35. The molecule has 1 aliphatic carbocycles. The Morgan fingerprint density at radius 2 is 1.83 bits per heavy atom. The van der Waals surface area contributed by atoms with E-state index in [0.29, 0.717) is 17.2 Å². The largest absolute Gasteiger partial charge is 0.356 e. The fourth-order valence-electron chi connectivity index (χ4n) is 4.28. The summed E-state index contributed by atoms with van der Waals surface area (Å²) in [4.78, 5) is 14.8. The van der Waals surface area contributed by atoms with Crippen LogP contribution in [0.4, 0.5) is 0 Å². The van der Waals surface area contributed by atoms with Gasteiger partial charge in [0, 0.05) is 12.5 Å². The summed E-state index contributed by atoms with van der Waals surface area (Å²) < 4.78 is 0. The minimum Gasteiger partial charge on any atom is -0.356 e. The van der Waals surface area contributed by atoms with E-state index in [1.54, 1.807) is 0 Å². The Bertz CT molecular complexity index is 380. The molecule has 1 spiro atoms. The number of piperidine rings is 2. The van der Waals surface area contributed by atoms with Crippen molar-refractivity contribution in [2.45, 2.75) is 51.9 Å². The lowest BCUT2D eigenvalue weighted by molar-refractivity contribution is -0.123. The number of unbranched alkanes of at least 4 members (excludes halogenated alkanes) is 1. The SMILES string of the molecule is CC1CCN(CCCCNC(=O)C2CC23CCNCC3)CC1.Cl.Cl. The Kier molecular flexibility index (Phi) is 9.35. The first-order valence-electron chi connectivity index (χ1n) is 9.40. The molecular weight excluding hydrogens is 345 g/mol. The zero-order valence-corrected chi connectivity index (χ0v) is 16.7. The Labute approximate surface area is 159 Å². The Morgan fingerprint density at radius 3 is 2.50 bits per heavy atom. The maximum atomic E-state index is 12.2. The molecule has 2 saturated heterocycles. The summed E-state index contributed by atoms with van der Waals surface area (Å²) in [7, 11) is 0. The van der Waals surface area contributed by atoms with E-state index in [2.05, 4.69) is 22.5 Å². The van der Waals surface area contributed by atoms with E-state index in [-0.39, 0.29) is 24.8 Å². The Hall–Kier alpha value is -0.0300. The zero-order chi connectivity index (χ0) is 15.4. The predicted octanol–water partition coefficient (Wildman–Crippen LogP) is 2.85. The molecule has 4 nitrogen and oxygen atoms in total. The molecule has 0 aromatic rings. The summed E-state index contributed by atoms with van der Waals surface area (Å²) in [6, 6.07) is 0. The molecule has 142 valence electrons. The maximum Gasteiger partial charge on any atom is 0.223 e. The van der Waals surface area contributed by atoms with Crippen LogP contribution in [0.25, 0.3) is 0 Å². The molecule has 3 aliphatic rings. The van der Waals surface area contributed by atoms with Crippen LogP contribution < -0.4 is 10.6 Å². The second-order valence-electron chi connectivity index (χ2n) is 7.89. The van der Waals surface area contributed by atoms with Gasteiger partial charge in [0.2, 0.25) is 5.91 Å². The van der Waals surface area contributed by atoms with Crippen molar-refractivity contribution in [1.29, 1.82) is 0 Å². The van der Waals surface area contributed by atoms with Gasteiger partial charge >= 0.3 is 0 Å². The van der Waals surface area contributed by atoms with E-state index in [0.717, 1.165) is 38.4 Å². The highest BCUT2D eigenvalue weighted by atomic mass is 35.5. The van der Waals surface area contributed by atoms with Gasteiger partial charge in [-0.15, -0.1) is 24.8 Å². The number of carbonyl (C=O) groups excluding carboxylic acids is 1. The molecular formula is C18H35Cl2N3O. The average molecular weight is 380 g/mol. The molecule has 1 unspecified atom stereocenters. The maximum absolute atomic E-state index is 12.2. The molecule has 3 fully saturated rings. The van der Waals surface area contributed by atoms with Crippen molar-refractivity contribution in [3.63, 3.8) is 0 Å². The van der Waals surface area contributed by atoms with Gasteiger partial charge in [0.15, 0.2) is 0 Å². The molecule has 1 atom stereocenters. The van der Waals surface area contributed by atoms with Crippen LogP contribution >= 0.6 is 24.8 Å². The highest BCUT2D eigenvalue weighted by molar-refractivity contribution is 5.85. The van der Waals surface area contributed by atoms with E-state index in [1.807, 2.05) is 0 Å². The smallest absolute Gasteiger partial charge is 0.223 e. The van der Waals surface area contributed by atoms with Gasteiger partial charge in [-0.25, -0.2) is 0 Å². The van der Waals surface area contributed by atoms with Gasteiger partial charge in [0.1, 0.15) is 0 Å². The van der Waals surface area contributed by atoms with Crippen molar-refractivity contribution in [1.82, 2.24) is 15.5 Å². The third-order valence-electron chi connectivity index (χ3n) is 6.18. The van der Waals surface area contributed by atoms with Crippen LogP contribution in [-0.2, 0) is 4.79 Å². The van der Waals surface area contributed by atoms with Crippen LogP contribution in [0.15, 0.2) is 0 Å². The van der Waals surface area contributed by atoms with Gasteiger partial charge < -0.3 is 15.5 Å². The quantitative estimate of drug-likeness (QED) is 0.697. The molecule has 6 heteroatoms. The summed E-state index contributed by atoms with van der Waals surface area (Å²) in [6.07, 6.45) is 8.57. The standard InChI is InChI=1S/C18H33N3O.2ClH/c1-15-4-12-21(13-5-15)11-3-2-8-20-17(22)16-14-18(16)6-9-19-10-7-18;;/h15-16,19H,2-14H2,1H3,(H,20,22);2*1H. The van der Waals surface area contributed by atoms with Crippen LogP contribution in [0.1, 0.15) is 51.9 Å². The van der Waals surface area contributed by atoms with Gasteiger partial charge in [-0.1, -0.05) is 6.92 Å². The molecule has 1 amide bonds. The molecule has 2 N–H and O–H groups in total. The number of hydrogen-bond acceptors (Lipinski definition) is 3. The van der Waals surface area contributed by atoms with E-state index in [9.17, 15) is 4.79 Å². The van der Waals surface area contributed by atoms with Crippen LogP contribution in [-0.4, -0.2) is 50.1 Å². The predicted molar refractivity (Wildman–Crippen MR) is 104 cm³/mol. The lowest BCUT2D eigenvalue weighted by Gasteiger charge is -2.30. The number of nitrogens with one attached hydrogen (secondary N) is 2. The molecule has 0 radical (unpaired) electrons. The first kappa shape index (κ1) is 22.0. The van der Waals surface area contributed by atoms with Crippen LogP contribution in [0, 0.1) is 17.3 Å². The summed E-state index contributed by atoms with van der Waals surface area (Å²) >= 11 is 0. The molecule has 0 aromatic carbocycles. The van der Waals surface area contributed by atoms with Gasteiger partial charge in [0.05, 0.1) is 0 Å². The highest BCUT2D eigenvalue weighted by Gasteiger charge is 2.57. The van der Waals surface area contributed by atoms with Crippen LogP contribution in [0.5, 0.6) is 0 Å². The van der Waals surface area contributed by atoms with Gasteiger partial charge in [-0.3, -0.25) is 4.79 Å². The minimum atomic E-state index is 0. The first-order valence-corrected chi connectivity index (χ1v) is 9.40. The first-order chi connectivity index (χ1) is 10.7. The number of rotatable bonds is 6. The van der Waals surface area contributed by atoms with E-state index in [1.165, 1.54) is 51.7 Å². The minimum absolute atomic E-state index is 0. The van der Waals surface area contributed by atoms with Crippen molar-refractivity contribution in [3.05, 3.63) is 0 Å². The third kappa shape index (κ3) is 5.76. The van der Waals surface area contributed by atoms with E-state index >= 15 is 0 Å². The van der Waals surface area contributed by atoms with Crippen molar-refractivity contribution in [3.8, 4) is 0 Å². The van der Waals surface area contributed by atoms with Crippen molar-refractivity contribution < 1.29 is 4.79 Å². The third-order valence-corrected chi connectivity index (χ3v) is 6.18. The number of carbonyl (C=O) groups is 1. The molecule has 24 heavy (non-hydrogen) atoms. The molecule has 1 saturated carbocycles. The molecule has 0 aromatic heterocycles. The van der Waals surface area contributed by atoms with Crippen molar-refractivity contribution >= 4 is 30.7 Å². The number of nitrogens with zero attached hydrogens (tertiary/aromatic N) is 1. The monoisotopic (exact) mass is 379 g/mol. The van der Waals surface area contributed by atoms with Gasteiger partial charge in [-0.05, 0) is 89.0 Å². The van der Waals surface area contributed by atoms with Crippen LogP contribution in [0.3, 0.4) is 0 Å². The average Bonchev–Trinajstić information content (AvgIpc) is 3.22. The summed E-state index contributed by atoms with van der Waals surface area (Å²) in [5, 5.41) is 6.58. The molecule has 2 heterocycles. The van der Waals surface area contributed by atoms with Gasteiger partial charge in [0.25, 0.3) is 0 Å². The molecule has 0 bridgehead atoms. The number of hydrogen-bond donors (Lipinski definition) is 2. The van der Waals surface area contributed by atoms with Crippen LogP contribution in [0.2, 0.25) is 0 Å². The Morgan fingerprint density at radius 1 is 1.17 bits per heavy atom. The number of amides is 1. The fraction of sp³-hybridized carbons (Fsp3) is 0.944. The zero-order valence-electron chi connectivity index (χ0n) is 15.0. The van der Waals surface area contributed by atoms with Crippen molar-refractivity contribution in [2.75, 3.05) is 39.3 Å². The van der Waals surface area contributed by atoms with E-state index < -0.39 is 0 Å². The normalized spacial score (nSPS) is 26.3. The highest BCUT2D eigenvalue weighted by Crippen LogP contribution is 2.58. The van der Waals surface area contributed by atoms with Gasteiger partial charge in [-0.2, -0.15) is 0 Å². The summed E-state index contributed by atoms with van der Waals surface area (Å²) in [6.45, 7) is 9.17. The topological polar surface area (TPSA) is 44.4 Å². The molecule has 2 aliphatic heterocycles. The molecule has 3 rings (SSSR count).